The number of ether oxygens (including phenoxy) is 3. The van der Waals surface area contributed by atoms with Gasteiger partial charge in [-0.15, -0.1) is 0 Å². The van der Waals surface area contributed by atoms with E-state index in [9.17, 15) is 9.90 Å². The normalized spacial score (nSPS) is 15.6. The fourth-order valence-electron chi connectivity index (χ4n) is 3.32. The van der Waals surface area contributed by atoms with Gasteiger partial charge in [-0.25, -0.2) is 4.98 Å². The molecule has 0 radical (unpaired) electrons. The predicted molar refractivity (Wildman–Crippen MR) is 104 cm³/mol. The average Bonchev–Trinajstić information content (AvgIpc) is 3.21. The molecule has 0 amide bonds. The smallest absolute Gasteiger partial charge is 0.255 e. The highest BCUT2D eigenvalue weighted by atomic mass is 16.7. The van der Waals surface area contributed by atoms with Crippen LogP contribution >= 0.6 is 0 Å². The van der Waals surface area contributed by atoms with Crippen molar-refractivity contribution in [3.8, 4) is 0 Å². The molecule has 9 heteroatoms. The molecule has 0 aliphatic carbocycles. The first kappa shape index (κ1) is 21.7. The molecule has 160 valence electrons. The highest BCUT2D eigenvalue weighted by Gasteiger charge is 2.25. The molecule has 1 unspecified atom stereocenters. The van der Waals surface area contributed by atoms with E-state index in [-0.39, 0.29) is 12.2 Å². The van der Waals surface area contributed by atoms with Crippen molar-refractivity contribution < 1.29 is 23.7 Å². The Labute approximate surface area is 169 Å². The van der Waals surface area contributed by atoms with Gasteiger partial charge in [-0.1, -0.05) is 0 Å². The lowest BCUT2D eigenvalue weighted by molar-refractivity contribution is -0.145. The first-order valence-corrected chi connectivity index (χ1v) is 9.96. The second-order valence-corrected chi connectivity index (χ2v) is 6.85. The Morgan fingerprint density at radius 3 is 2.83 bits per heavy atom. The van der Waals surface area contributed by atoms with Gasteiger partial charge >= 0.3 is 0 Å². The molecule has 29 heavy (non-hydrogen) atoms. The Bertz CT molecular complexity index is 801. The molecule has 3 heterocycles. The Balaban J connectivity index is 1.56. The molecule has 3 rings (SSSR count). The van der Waals surface area contributed by atoms with E-state index in [1.165, 1.54) is 0 Å². The van der Waals surface area contributed by atoms with E-state index in [1.807, 2.05) is 24.8 Å². The topological polar surface area (TPSA) is 110 Å². The van der Waals surface area contributed by atoms with Gasteiger partial charge < -0.3 is 28.7 Å². The van der Waals surface area contributed by atoms with Crippen LogP contribution < -0.4 is 5.56 Å². The third-order valence-corrected chi connectivity index (χ3v) is 4.63. The fraction of sp³-hybridized carbons (Fsp3) is 0.600. The van der Waals surface area contributed by atoms with Crippen LogP contribution in [0.4, 0.5) is 0 Å². The van der Waals surface area contributed by atoms with Gasteiger partial charge in [-0.3, -0.25) is 9.69 Å². The van der Waals surface area contributed by atoms with E-state index >= 15 is 0 Å². The summed E-state index contributed by atoms with van der Waals surface area (Å²) < 4.78 is 21.7. The number of hydrogen-bond acceptors (Lipinski definition) is 8. The van der Waals surface area contributed by atoms with Gasteiger partial charge in [-0.05, 0) is 26.0 Å². The third kappa shape index (κ3) is 5.97. The molecule has 0 bridgehead atoms. The number of aromatic nitrogens is 2. The zero-order valence-corrected chi connectivity index (χ0v) is 16.9. The number of aliphatic hydroxyl groups excluding tert-OH is 1. The summed E-state index contributed by atoms with van der Waals surface area (Å²) in [4.78, 5) is 22.0. The van der Waals surface area contributed by atoms with Crippen LogP contribution in [0.1, 0.15) is 43.0 Å². The zero-order valence-electron chi connectivity index (χ0n) is 16.9. The summed E-state index contributed by atoms with van der Waals surface area (Å²) in [6.45, 7) is 6.71. The second kappa shape index (κ2) is 10.7. The lowest BCUT2D eigenvalue weighted by Gasteiger charge is -2.29. The van der Waals surface area contributed by atoms with E-state index in [0.29, 0.717) is 57.3 Å². The monoisotopic (exact) mass is 407 g/mol. The summed E-state index contributed by atoms with van der Waals surface area (Å²) in [7, 11) is 0. The van der Waals surface area contributed by atoms with Gasteiger partial charge in [0.15, 0.2) is 5.82 Å². The maximum Gasteiger partial charge on any atom is 0.255 e. The molecule has 2 aromatic heterocycles. The molecule has 1 aliphatic rings. The molecule has 9 nitrogen and oxygen atoms in total. The minimum atomic E-state index is -0.672. The van der Waals surface area contributed by atoms with Crippen molar-refractivity contribution >= 4 is 0 Å². The molecule has 2 N–H and O–H groups in total. The number of nitrogens with zero attached hydrogens (tertiary/aromatic N) is 2. The van der Waals surface area contributed by atoms with Gasteiger partial charge in [0.2, 0.25) is 6.29 Å². The van der Waals surface area contributed by atoms with Crippen LogP contribution in [0, 0.1) is 0 Å². The van der Waals surface area contributed by atoms with Crippen molar-refractivity contribution in [2.24, 2.45) is 0 Å². The molecular formula is C20H29N3O6. The number of β-amino-alcohol motifs (C(OH)–C–C–N with tert-alkyl or cyclic N) is 1. The summed E-state index contributed by atoms with van der Waals surface area (Å²) in [5.74, 6) is 1.12. The molecule has 0 fully saturated rings. The molecule has 0 spiro atoms. The number of nitrogens with one attached hydrogen (secondary N) is 1. The van der Waals surface area contributed by atoms with E-state index in [1.54, 1.807) is 12.3 Å². The van der Waals surface area contributed by atoms with E-state index < -0.39 is 12.4 Å². The summed E-state index contributed by atoms with van der Waals surface area (Å²) in [6.07, 6.45) is 0.881. The van der Waals surface area contributed by atoms with Crippen molar-refractivity contribution in [2.75, 3.05) is 32.9 Å². The van der Waals surface area contributed by atoms with Crippen LogP contribution in [0.2, 0.25) is 0 Å². The minimum Gasteiger partial charge on any atom is -0.467 e. The number of aliphatic hydroxyl groups is 1. The standard InChI is InChI=1S/C20H29N3O6/c1-3-27-20(28-4-2)18-21-17-7-8-23(11-16(17)19(25)22-18)10-14(24)12-26-13-15-6-5-9-29-15/h5-6,9,14,20,24H,3-4,7-8,10-13H2,1-2H3,(H,21,22,25). The SMILES string of the molecule is CCOC(OCC)c1nc2c(c(=O)[nH]1)CN(CC(O)COCc1ccco1)CC2. The van der Waals surface area contributed by atoms with Crippen LogP contribution in [0.15, 0.2) is 27.6 Å². The molecule has 2 aromatic rings. The largest absolute Gasteiger partial charge is 0.467 e. The Hall–Kier alpha value is -2.04. The van der Waals surface area contributed by atoms with Crippen LogP contribution in [0.5, 0.6) is 0 Å². The number of furan rings is 1. The summed E-state index contributed by atoms with van der Waals surface area (Å²) in [5, 5.41) is 10.3. The van der Waals surface area contributed by atoms with Gasteiger partial charge in [0.1, 0.15) is 12.4 Å². The highest BCUT2D eigenvalue weighted by molar-refractivity contribution is 5.21. The van der Waals surface area contributed by atoms with Crippen LogP contribution in [0.3, 0.4) is 0 Å². The summed E-state index contributed by atoms with van der Waals surface area (Å²) in [5.41, 5.74) is 1.19. The number of hydrogen-bond donors (Lipinski definition) is 2. The molecule has 1 aliphatic heterocycles. The summed E-state index contributed by atoms with van der Waals surface area (Å²) >= 11 is 0. The van der Waals surface area contributed by atoms with Crippen molar-refractivity contribution in [3.05, 3.63) is 51.6 Å². The quantitative estimate of drug-likeness (QED) is 0.538. The Morgan fingerprint density at radius 2 is 2.14 bits per heavy atom. The van der Waals surface area contributed by atoms with Crippen molar-refractivity contribution in [1.82, 2.24) is 14.9 Å². The molecule has 0 saturated carbocycles. The number of rotatable bonds is 11. The van der Waals surface area contributed by atoms with Gasteiger partial charge in [0.05, 0.1) is 30.2 Å². The molecule has 0 aromatic carbocycles. The first-order valence-electron chi connectivity index (χ1n) is 9.96. The van der Waals surface area contributed by atoms with E-state index in [4.69, 9.17) is 18.6 Å². The van der Waals surface area contributed by atoms with Crippen LogP contribution in [-0.2, 0) is 33.8 Å². The van der Waals surface area contributed by atoms with Crippen LogP contribution in [0.25, 0.3) is 0 Å². The number of aromatic amines is 1. The summed E-state index contributed by atoms with van der Waals surface area (Å²) in [6, 6.07) is 3.62. The van der Waals surface area contributed by atoms with Crippen molar-refractivity contribution in [3.63, 3.8) is 0 Å². The number of fused-ring (bicyclic) bond motifs is 1. The van der Waals surface area contributed by atoms with Gasteiger partial charge in [0, 0.05) is 39.3 Å². The lowest BCUT2D eigenvalue weighted by Crippen LogP contribution is -2.41. The second-order valence-electron chi connectivity index (χ2n) is 6.85. The Morgan fingerprint density at radius 1 is 1.34 bits per heavy atom. The van der Waals surface area contributed by atoms with Gasteiger partial charge in [-0.2, -0.15) is 0 Å². The number of H-pyrrole nitrogens is 1. The van der Waals surface area contributed by atoms with Crippen molar-refractivity contribution in [1.29, 1.82) is 0 Å². The van der Waals surface area contributed by atoms with Crippen molar-refractivity contribution in [2.45, 2.75) is 45.8 Å². The average molecular weight is 407 g/mol. The van der Waals surface area contributed by atoms with E-state index in [2.05, 4.69) is 9.97 Å². The van der Waals surface area contributed by atoms with Gasteiger partial charge in [0.25, 0.3) is 5.56 Å². The minimum absolute atomic E-state index is 0.192. The third-order valence-electron chi connectivity index (χ3n) is 4.63. The van der Waals surface area contributed by atoms with Crippen LogP contribution in [-0.4, -0.2) is 59.0 Å². The maximum atomic E-state index is 12.6. The fourth-order valence-corrected chi connectivity index (χ4v) is 3.32. The lowest BCUT2D eigenvalue weighted by atomic mass is 10.1. The first-order chi connectivity index (χ1) is 14.1. The highest BCUT2D eigenvalue weighted by Crippen LogP contribution is 2.19. The maximum absolute atomic E-state index is 12.6. The molecule has 0 saturated heterocycles. The molecule has 1 atom stereocenters. The zero-order chi connectivity index (χ0) is 20.6. The predicted octanol–water partition coefficient (Wildman–Crippen LogP) is 1.37. The van der Waals surface area contributed by atoms with E-state index in [0.717, 1.165) is 11.5 Å². The Kier molecular flexibility index (Phi) is 7.96. The molecular weight excluding hydrogens is 378 g/mol.